The first-order chi connectivity index (χ1) is 15.7. The van der Waals surface area contributed by atoms with Gasteiger partial charge in [0.15, 0.2) is 12.4 Å². The normalized spacial score (nSPS) is 39.3. The van der Waals surface area contributed by atoms with Gasteiger partial charge in [0.1, 0.15) is 42.1 Å². The fourth-order valence-corrected chi connectivity index (χ4v) is 4.67. The Labute approximate surface area is 195 Å². The van der Waals surface area contributed by atoms with Crippen LogP contribution in [0.5, 0.6) is 0 Å². The van der Waals surface area contributed by atoms with Crippen molar-refractivity contribution in [2.24, 2.45) is 5.73 Å². The zero-order chi connectivity index (χ0) is 24.1. The molecule has 2 aliphatic rings. The van der Waals surface area contributed by atoms with Crippen molar-refractivity contribution in [3.63, 3.8) is 0 Å². The van der Waals surface area contributed by atoms with Crippen LogP contribution in [-0.2, 0) is 30.3 Å². The summed E-state index contributed by atoms with van der Waals surface area (Å²) >= 11 is 1.39. The Bertz CT molecular complexity index is 758. The van der Waals surface area contributed by atoms with Crippen molar-refractivity contribution in [3.05, 3.63) is 35.9 Å². The SMILES string of the molecule is CCS[C@@H]1O[C@H](COCc2ccccc2)[C@@H](O)[C@H](O[C@@H]2O[C@H](C(=O)O)[C@@H](O)[C@H](O)[C@H]2O)[C@H]1N. The summed E-state index contributed by atoms with van der Waals surface area (Å²) in [7, 11) is 0. The quantitative estimate of drug-likeness (QED) is 0.240. The van der Waals surface area contributed by atoms with Crippen molar-refractivity contribution in [1.82, 2.24) is 0 Å². The second-order valence-electron chi connectivity index (χ2n) is 7.90. The Morgan fingerprint density at radius 3 is 2.39 bits per heavy atom. The van der Waals surface area contributed by atoms with Gasteiger partial charge in [0.05, 0.1) is 19.3 Å². The minimum atomic E-state index is -1.85. The van der Waals surface area contributed by atoms with Crippen molar-refractivity contribution in [2.45, 2.75) is 74.0 Å². The summed E-state index contributed by atoms with van der Waals surface area (Å²) in [6.45, 7) is 2.23. The van der Waals surface area contributed by atoms with Gasteiger partial charge in [-0.2, -0.15) is 0 Å². The zero-order valence-electron chi connectivity index (χ0n) is 18.0. The molecule has 2 aliphatic heterocycles. The fraction of sp³-hybridized carbons (Fsp3) is 0.667. The van der Waals surface area contributed by atoms with Crippen molar-refractivity contribution in [2.75, 3.05) is 12.4 Å². The van der Waals surface area contributed by atoms with E-state index in [2.05, 4.69) is 0 Å². The molecule has 0 unspecified atom stereocenters. The highest BCUT2D eigenvalue weighted by Gasteiger charge is 2.51. The zero-order valence-corrected chi connectivity index (χ0v) is 18.9. The Kier molecular flexibility index (Phi) is 9.47. The first-order valence-corrected chi connectivity index (χ1v) is 11.7. The second-order valence-corrected chi connectivity index (χ2v) is 9.28. The van der Waals surface area contributed by atoms with Gasteiger partial charge in [0.2, 0.25) is 0 Å². The number of carboxylic acids is 1. The summed E-state index contributed by atoms with van der Waals surface area (Å²) in [6, 6.07) is 8.59. The number of aliphatic hydroxyl groups is 4. The lowest BCUT2D eigenvalue weighted by molar-refractivity contribution is -0.322. The highest BCUT2D eigenvalue weighted by atomic mass is 32.2. The number of aliphatic carboxylic acids is 1. The maximum atomic E-state index is 11.4. The average Bonchev–Trinajstić information content (AvgIpc) is 2.80. The van der Waals surface area contributed by atoms with Gasteiger partial charge in [0.25, 0.3) is 0 Å². The van der Waals surface area contributed by atoms with Crippen molar-refractivity contribution in [3.8, 4) is 0 Å². The monoisotopic (exact) mass is 489 g/mol. The lowest BCUT2D eigenvalue weighted by Gasteiger charge is -2.46. The van der Waals surface area contributed by atoms with Gasteiger partial charge < -0.3 is 50.2 Å². The molecule has 0 bridgehead atoms. The van der Waals surface area contributed by atoms with Crippen molar-refractivity contribution in [1.29, 1.82) is 0 Å². The molecule has 0 aromatic heterocycles. The third-order valence-electron chi connectivity index (χ3n) is 5.55. The molecule has 1 aromatic carbocycles. The van der Waals surface area contributed by atoms with Crippen LogP contribution in [0.1, 0.15) is 12.5 Å². The van der Waals surface area contributed by atoms with Crippen LogP contribution in [0.2, 0.25) is 0 Å². The molecule has 2 fully saturated rings. The number of carbonyl (C=O) groups is 1. The predicted octanol–water partition coefficient (Wildman–Crippen LogP) is -1.35. The summed E-state index contributed by atoms with van der Waals surface area (Å²) < 4.78 is 22.5. The van der Waals surface area contributed by atoms with E-state index in [4.69, 9.17) is 24.7 Å². The molecule has 0 radical (unpaired) electrons. The molecule has 2 heterocycles. The Balaban J connectivity index is 1.70. The molecule has 3 rings (SSSR count). The molecule has 2 saturated heterocycles. The van der Waals surface area contributed by atoms with Gasteiger partial charge in [-0.1, -0.05) is 37.3 Å². The number of hydrogen-bond donors (Lipinski definition) is 6. The minimum Gasteiger partial charge on any atom is -0.479 e. The summed E-state index contributed by atoms with van der Waals surface area (Å²) in [4.78, 5) is 11.4. The van der Waals surface area contributed by atoms with Crippen LogP contribution in [0.25, 0.3) is 0 Å². The van der Waals surface area contributed by atoms with Crippen molar-refractivity contribution < 1.29 is 49.3 Å². The smallest absolute Gasteiger partial charge is 0.335 e. The van der Waals surface area contributed by atoms with Crippen LogP contribution < -0.4 is 5.73 Å². The molecule has 33 heavy (non-hydrogen) atoms. The van der Waals surface area contributed by atoms with Gasteiger partial charge in [-0.3, -0.25) is 0 Å². The van der Waals surface area contributed by atoms with E-state index >= 15 is 0 Å². The molecule has 11 nitrogen and oxygen atoms in total. The van der Waals surface area contributed by atoms with E-state index in [1.54, 1.807) is 0 Å². The third-order valence-corrected chi connectivity index (χ3v) is 6.64. The van der Waals surface area contributed by atoms with Crippen LogP contribution in [0.3, 0.4) is 0 Å². The van der Waals surface area contributed by atoms with E-state index in [9.17, 15) is 30.3 Å². The molecule has 0 saturated carbocycles. The topological polar surface area (TPSA) is 181 Å². The molecule has 0 spiro atoms. The summed E-state index contributed by atoms with van der Waals surface area (Å²) in [5, 5.41) is 50.3. The molecule has 186 valence electrons. The van der Waals surface area contributed by atoms with Crippen molar-refractivity contribution >= 4 is 17.7 Å². The maximum absolute atomic E-state index is 11.4. The fourth-order valence-electron chi connectivity index (χ4n) is 3.75. The van der Waals surface area contributed by atoms with Gasteiger partial charge in [0, 0.05) is 0 Å². The molecular formula is C21H31NO10S. The van der Waals surface area contributed by atoms with E-state index in [1.807, 2.05) is 37.3 Å². The Morgan fingerprint density at radius 1 is 1.06 bits per heavy atom. The van der Waals surface area contributed by atoms with Crippen LogP contribution in [0.15, 0.2) is 30.3 Å². The number of carboxylic acid groups (broad SMARTS) is 1. The molecule has 12 heteroatoms. The number of hydrogen-bond acceptors (Lipinski definition) is 11. The Morgan fingerprint density at radius 2 is 1.76 bits per heavy atom. The van der Waals surface area contributed by atoms with Gasteiger partial charge in [-0.15, -0.1) is 11.8 Å². The van der Waals surface area contributed by atoms with Gasteiger partial charge in [-0.25, -0.2) is 4.79 Å². The number of ether oxygens (including phenoxy) is 4. The molecule has 7 N–H and O–H groups in total. The second kappa shape index (κ2) is 11.9. The number of thioether (sulfide) groups is 1. The minimum absolute atomic E-state index is 0.0244. The third kappa shape index (κ3) is 6.22. The number of benzene rings is 1. The van der Waals surface area contributed by atoms with Crippen LogP contribution in [0.4, 0.5) is 0 Å². The summed E-state index contributed by atoms with van der Waals surface area (Å²) in [5.41, 5.74) is 6.62. The molecular weight excluding hydrogens is 458 g/mol. The van der Waals surface area contributed by atoms with E-state index in [0.29, 0.717) is 12.4 Å². The average molecular weight is 490 g/mol. The van der Waals surface area contributed by atoms with E-state index in [-0.39, 0.29) is 6.61 Å². The summed E-state index contributed by atoms with van der Waals surface area (Å²) in [6.07, 6.45) is -12.2. The van der Waals surface area contributed by atoms with E-state index in [0.717, 1.165) is 5.56 Å². The predicted molar refractivity (Wildman–Crippen MR) is 116 cm³/mol. The largest absolute Gasteiger partial charge is 0.479 e. The van der Waals surface area contributed by atoms with E-state index in [1.165, 1.54) is 11.8 Å². The van der Waals surface area contributed by atoms with Crippen LogP contribution in [-0.4, -0.2) is 104 Å². The highest BCUT2D eigenvalue weighted by Crippen LogP contribution is 2.32. The van der Waals surface area contributed by atoms with Gasteiger partial charge >= 0.3 is 5.97 Å². The van der Waals surface area contributed by atoms with Gasteiger partial charge in [-0.05, 0) is 11.3 Å². The standard InChI is InChI=1S/C21H31NO10S/c1-2-33-21-12(22)17(31-20-16(26)14(24)15(25)18(32-20)19(27)28)13(23)11(30-21)9-29-8-10-6-4-3-5-7-10/h3-7,11-18,20-21,23-26H,2,8-9,22H2,1H3,(H,27,28)/t11-,12-,13-,14+,15+,16-,17-,18+,20-,21+/m1/s1. The number of rotatable bonds is 9. The lowest BCUT2D eigenvalue weighted by atomic mass is 9.96. The number of aliphatic hydroxyl groups excluding tert-OH is 4. The highest BCUT2D eigenvalue weighted by molar-refractivity contribution is 7.99. The molecule has 0 amide bonds. The maximum Gasteiger partial charge on any atom is 0.335 e. The molecule has 1 aromatic rings. The van der Waals surface area contributed by atoms with Crippen LogP contribution >= 0.6 is 11.8 Å². The first kappa shape index (κ1) is 26.3. The number of nitrogens with two attached hydrogens (primary N) is 1. The Hall–Kier alpha value is -1.32. The first-order valence-electron chi connectivity index (χ1n) is 10.6. The van der Waals surface area contributed by atoms with E-state index < -0.39 is 66.5 Å². The summed E-state index contributed by atoms with van der Waals surface area (Å²) in [5.74, 6) is -0.877. The van der Waals surface area contributed by atoms with Crippen LogP contribution in [0, 0.1) is 0 Å². The molecule has 0 aliphatic carbocycles. The molecule has 10 atom stereocenters. The lowest BCUT2D eigenvalue weighted by Crippen LogP contribution is -2.66.